The van der Waals surface area contributed by atoms with Gasteiger partial charge in [0.2, 0.25) is 0 Å². The largest absolute Gasteiger partial charge is 0.328 e. The minimum Gasteiger partial charge on any atom is -0.203 e. The first-order valence-corrected chi connectivity index (χ1v) is 5.74. The first-order valence-electron chi connectivity index (χ1n) is 5.36. The average molecular weight is 242 g/mol. The second-order valence-electron chi connectivity index (χ2n) is 3.79. The summed E-state index contributed by atoms with van der Waals surface area (Å²) in [6.07, 6.45) is 3.99. The third-order valence-corrected chi connectivity index (χ3v) is 2.89. The van der Waals surface area contributed by atoms with Gasteiger partial charge in [-0.3, -0.25) is 0 Å². The van der Waals surface area contributed by atoms with Crippen molar-refractivity contribution < 1.29 is 4.40 Å². The molecular formula is C14H10ClN2+. The average Bonchev–Trinajstić information content (AvgIpc) is 2.39. The van der Waals surface area contributed by atoms with Crippen LogP contribution in [-0.2, 0) is 0 Å². The Kier molecular flexibility index (Phi) is 2.50. The fraction of sp³-hybridized carbons (Fsp3) is 0. The number of aromatic nitrogens is 2. The van der Waals surface area contributed by atoms with E-state index in [1.54, 1.807) is 0 Å². The molecule has 3 rings (SSSR count). The second kappa shape index (κ2) is 4.15. The van der Waals surface area contributed by atoms with Gasteiger partial charge in [-0.25, -0.2) is 4.40 Å². The van der Waals surface area contributed by atoms with Gasteiger partial charge < -0.3 is 0 Å². The molecule has 0 saturated carbocycles. The van der Waals surface area contributed by atoms with Crippen LogP contribution in [0.25, 0.3) is 16.9 Å². The first kappa shape index (κ1) is 10.2. The predicted molar refractivity (Wildman–Crippen MR) is 67.8 cm³/mol. The van der Waals surface area contributed by atoms with E-state index >= 15 is 0 Å². The lowest BCUT2D eigenvalue weighted by Gasteiger charge is -1.96. The van der Waals surface area contributed by atoms with Crippen LogP contribution in [0.5, 0.6) is 0 Å². The summed E-state index contributed by atoms with van der Waals surface area (Å²) in [7, 11) is 0. The quantitative estimate of drug-likeness (QED) is 0.598. The van der Waals surface area contributed by atoms with Crippen LogP contribution in [0.1, 0.15) is 0 Å². The van der Waals surface area contributed by atoms with Crippen molar-refractivity contribution in [2.75, 3.05) is 0 Å². The third kappa shape index (κ3) is 1.99. The maximum absolute atomic E-state index is 5.87. The molecule has 82 valence electrons. The SMILES string of the molecule is Clc1ccc(-c2cc[n+]3ccccc3n2)cc1. The Labute approximate surface area is 104 Å². The van der Waals surface area contributed by atoms with Gasteiger partial charge in [0.1, 0.15) is 6.20 Å². The molecule has 0 atom stereocenters. The number of hydrogen-bond acceptors (Lipinski definition) is 1. The van der Waals surface area contributed by atoms with Crippen molar-refractivity contribution in [1.29, 1.82) is 0 Å². The minimum absolute atomic E-state index is 0.740. The van der Waals surface area contributed by atoms with Gasteiger partial charge in [0, 0.05) is 22.7 Å². The monoisotopic (exact) mass is 241 g/mol. The van der Waals surface area contributed by atoms with Gasteiger partial charge >= 0.3 is 5.65 Å². The summed E-state index contributed by atoms with van der Waals surface area (Å²) in [5.74, 6) is 0. The van der Waals surface area contributed by atoms with Gasteiger partial charge in [0.25, 0.3) is 0 Å². The Hall–Kier alpha value is -1.93. The second-order valence-corrected chi connectivity index (χ2v) is 4.22. The predicted octanol–water partition coefficient (Wildman–Crippen LogP) is 3.14. The van der Waals surface area contributed by atoms with E-state index in [-0.39, 0.29) is 0 Å². The lowest BCUT2D eigenvalue weighted by molar-refractivity contribution is -0.514. The highest BCUT2D eigenvalue weighted by Gasteiger charge is 2.08. The van der Waals surface area contributed by atoms with Gasteiger partial charge in [0.05, 0.1) is 6.20 Å². The topological polar surface area (TPSA) is 17.0 Å². The number of halogens is 1. The maximum atomic E-state index is 5.87. The summed E-state index contributed by atoms with van der Waals surface area (Å²) in [6.45, 7) is 0. The van der Waals surface area contributed by atoms with E-state index in [1.807, 2.05) is 65.3 Å². The fourth-order valence-electron chi connectivity index (χ4n) is 1.76. The van der Waals surface area contributed by atoms with E-state index in [2.05, 4.69) is 4.98 Å². The van der Waals surface area contributed by atoms with Gasteiger partial charge in [-0.15, -0.1) is 0 Å². The smallest absolute Gasteiger partial charge is 0.203 e. The van der Waals surface area contributed by atoms with Crippen LogP contribution in [-0.4, -0.2) is 4.98 Å². The number of rotatable bonds is 1. The molecule has 0 aliphatic carbocycles. The van der Waals surface area contributed by atoms with E-state index in [0.717, 1.165) is 21.9 Å². The highest BCUT2D eigenvalue weighted by Crippen LogP contribution is 2.18. The molecule has 0 aliphatic heterocycles. The molecule has 1 aromatic carbocycles. The fourth-order valence-corrected chi connectivity index (χ4v) is 1.89. The van der Waals surface area contributed by atoms with Gasteiger partial charge in [-0.2, -0.15) is 0 Å². The number of pyridine rings is 1. The molecule has 2 aromatic heterocycles. The standard InChI is InChI=1S/C14H10ClN2/c15-12-6-4-11(5-7-12)13-8-10-17-9-2-1-3-14(17)16-13/h1-10H/q+1. The number of hydrogen-bond donors (Lipinski definition) is 0. The summed E-state index contributed by atoms with van der Waals surface area (Å²) >= 11 is 5.87. The van der Waals surface area contributed by atoms with E-state index < -0.39 is 0 Å². The van der Waals surface area contributed by atoms with Crippen LogP contribution in [0.15, 0.2) is 60.9 Å². The molecule has 0 amide bonds. The Balaban J connectivity index is 2.14. The lowest BCUT2D eigenvalue weighted by Crippen LogP contribution is -2.21. The van der Waals surface area contributed by atoms with Crippen molar-refractivity contribution in [3.63, 3.8) is 0 Å². The third-order valence-electron chi connectivity index (χ3n) is 2.64. The molecule has 0 fully saturated rings. The number of nitrogens with zero attached hydrogens (tertiary/aromatic N) is 2. The van der Waals surface area contributed by atoms with Crippen LogP contribution >= 0.6 is 11.6 Å². The lowest BCUT2D eigenvalue weighted by atomic mass is 10.1. The summed E-state index contributed by atoms with van der Waals surface area (Å²) in [4.78, 5) is 4.60. The minimum atomic E-state index is 0.740. The van der Waals surface area contributed by atoms with Crippen LogP contribution in [0.2, 0.25) is 5.02 Å². The van der Waals surface area contributed by atoms with Crippen LogP contribution in [0.4, 0.5) is 0 Å². The molecular weight excluding hydrogens is 232 g/mol. The van der Waals surface area contributed by atoms with Crippen molar-refractivity contribution in [2.45, 2.75) is 0 Å². The number of benzene rings is 1. The van der Waals surface area contributed by atoms with Gasteiger partial charge in [-0.1, -0.05) is 17.7 Å². The molecule has 0 aliphatic rings. The molecule has 3 aromatic rings. The Bertz CT molecular complexity index is 662. The summed E-state index contributed by atoms with van der Waals surface area (Å²) in [6, 6.07) is 15.6. The molecule has 2 nitrogen and oxygen atoms in total. The van der Waals surface area contributed by atoms with Gasteiger partial charge in [0.15, 0.2) is 5.69 Å². The Morgan fingerprint density at radius 1 is 0.882 bits per heavy atom. The van der Waals surface area contributed by atoms with Crippen LogP contribution < -0.4 is 4.40 Å². The zero-order valence-corrected chi connectivity index (χ0v) is 9.80. The van der Waals surface area contributed by atoms with Crippen molar-refractivity contribution in [2.24, 2.45) is 0 Å². The zero-order valence-electron chi connectivity index (χ0n) is 9.05. The molecule has 0 bridgehead atoms. The molecule has 2 heterocycles. The number of fused-ring (bicyclic) bond motifs is 1. The highest BCUT2D eigenvalue weighted by atomic mass is 35.5. The summed E-state index contributed by atoms with van der Waals surface area (Å²) < 4.78 is 1.99. The Morgan fingerprint density at radius 2 is 1.71 bits per heavy atom. The molecule has 0 N–H and O–H groups in total. The van der Waals surface area contributed by atoms with Crippen molar-refractivity contribution in [3.8, 4) is 11.3 Å². The summed E-state index contributed by atoms with van der Waals surface area (Å²) in [5.41, 5.74) is 2.95. The maximum Gasteiger partial charge on any atom is 0.328 e. The van der Waals surface area contributed by atoms with Crippen molar-refractivity contribution in [1.82, 2.24) is 4.98 Å². The van der Waals surface area contributed by atoms with Crippen LogP contribution in [0, 0.1) is 0 Å². The van der Waals surface area contributed by atoms with E-state index in [9.17, 15) is 0 Å². The van der Waals surface area contributed by atoms with E-state index in [4.69, 9.17) is 11.6 Å². The first-order chi connectivity index (χ1) is 8.33. The van der Waals surface area contributed by atoms with Gasteiger partial charge in [-0.05, 0) is 35.3 Å². The van der Waals surface area contributed by atoms with Crippen molar-refractivity contribution in [3.05, 3.63) is 65.9 Å². The van der Waals surface area contributed by atoms with E-state index in [1.165, 1.54) is 0 Å². The van der Waals surface area contributed by atoms with Crippen LogP contribution in [0.3, 0.4) is 0 Å². The highest BCUT2D eigenvalue weighted by molar-refractivity contribution is 6.30. The molecule has 0 saturated heterocycles. The molecule has 0 spiro atoms. The molecule has 3 heteroatoms. The molecule has 0 unspecified atom stereocenters. The van der Waals surface area contributed by atoms with Crippen molar-refractivity contribution >= 4 is 17.2 Å². The van der Waals surface area contributed by atoms with E-state index in [0.29, 0.717) is 0 Å². The normalized spacial score (nSPS) is 10.6. The zero-order chi connectivity index (χ0) is 11.7. The summed E-state index contributed by atoms with van der Waals surface area (Å²) in [5, 5.41) is 0.740. The Morgan fingerprint density at radius 3 is 2.53 bits per heavy atom. The molecule has 0 radical (unpaired) electrons. The molecule has 17 heavy (non-hydrogen) atoms.